The number of benzene rings is 2. The maximum absolute atomic E-state index is 12.7. The van der Waals surface area contributed by atoms with Crippen LogP contribution in [0.4, 0.5) is 0 Å². The van der Waals surface area contributed by atoms with Crippen LogP contribution in [-0.4, -0.2) is 16.8 Å². The lowest BCUT2D eigenvalue weighted by atomic mass is 10.0. The lowest BCUT2D eigenvalue weighted by molar-refractivity contribution is 0.362. The molecule has 0 atom stereocenters. The van der Waals surface area contributed by atoms with Gasteiger partial charge in [-0.25, -0.2) is 0 Å². The van der Waals surface area contributed by atoms with Crippen molar-refractivity contribution in [3.8, 4) is 28.4 Å². The van der Waals surface area contributed by atoms with E-state index in [9.17, 15) is 15.0 Å². The number of fused-ring (bicyclic) bond motifs is 1. The van der Waals surface area contributed by atoms with Crippen LogP contribution in [0, 0.1) is 0 Å². The zero-order chi connectivity index (χ0) is 18.0. The van der Waals surface area contributed by atoms with E-state index < -0.39 is 0 Å². The standard InChI is InChI=1S/C20H18O5/c1-12(2)7-8-24-15-5-3-13(4-6-15)16-11-25-18-10-14(21)9-17(22)19(18)20(16)23/h3-7,9-11,21-22H,8H2,1-2H3. The van der Waals surface area contributed by atoms with E-state index in [4.69, 9.17) is 9.15 Å². The molecular weight excluding hydrogens is 320 g/mol. The number of aromatic hydroxyl groups is 2. The Kier molecular flexibility index (Phi) is 4.48. The van der Waals surface area contributed by atoms with E-state index in [1.807, 2.05) is 19.9 Å². The fraction of sp³-hybridized carbons (Fsp3) is 0.150. The van der Waals surface area contributed by atoms with Gasteiger partial charge in [0, 0.05) is 12.1 Å². The minimum atomic E-state index is -0.364. The van der Waals surface area contributed by atoms with Gasteiger partial charge in [0.25, 0.3) is 0 Å². The molecule has 3 aromatic rings. The van der Waals surface area contributed by atoms with Crippen LogP contribution in [0.1, 0.15) is 13.8 Å². The van der Waals surface area contributed by atoms with Gasteiger partial charge in [-0.1, -0.05) is 17.7 Å². The summed E-state index contributed by atoms with van der Waals surface area (Å²) in [5, 5.41) is 19.5. The number of phenolic OH excluding ortho intramolecular Hbond substituents is 2. The van der Waals surface area contributed by atoms with Crippen molar-refractivity contribution in [2.24, 2.45) is 0 Å². The average Bonchev–Trinajstić information content (AvgIpc) is 2.55. The van der Waals surface area contributed by atoms with Crippen LogP contribution >= 0.6 is 0 Å². The molecule has 0 bridgehead atoms. The highest BCUT2D eigenvalue weighted by Gasteiger charge is 2.13. The summed E-state index contributed by atoms with van der Waals surface area (Å²) >= 11 is 0. The van der Waals surface area contributed by atoms with Crippen LogP contribution in [-0.2, 0) is 0 Å². The van der Waals surface area contributed by atoms with Crippen molar-refractivity contribution >= 4 is 11.0 Å². The zero-order valence-electron chi connectivity index (χ0n) is 13.9. The fourth-order valence-corrected chi connectivity index (χ4v) is 2.45. The van der Waals surface area contributed by atoms with Crippen molar-refractivity contribution in [2.45, 2.75) is 13.8 Å². The third kappa shape index (κ3) is 3.50. The first-order chi connectivity index (χ1) is 12.0. The van der Waals surface area contributed by atoms with E-state index in [2.05, 4.69) is 0 Å². The highest BCUT2D eigenvalue weighted by atomic mass is 16.5. The molecule has 0 amide bonds. The van der Waals surface area contributed by atoms with Gasteiger partial charge in [-0.2, -0.15) is 0 Å². The molecule has 0 saturated heterocycles. The monoisotopic (exact) mass is 338 g/mol. The normalized spacial score (nSPS) is 10.6. The topological polar surface area (TPSA) is 79.9 Å². The largest absolute Gasteiger partial charge is 0.508 e. The molecule has 0 aliphatic rings. The molecule has 25 heavy (non-hydrogen) atoms. The molecule has 0 saturated carbocycles. The lowest BCUT2D eigenvalue weighted by Gasteiger charge is -2.07. The number of allylic oxidation sites excluding steroid dienone is 1. The molecule has 1 heterocycles. The third-order valence-corrected chi connectivity index (χ3v) is 3.75. The van der Waals surface area contributed by atoms with Crippen LogP contribution in [0.3, 0.4) is 0 Å². The Morgan fingerprint density at radius 2 is 1.88 bits per heavy atom. The van der Waals surface area contributed by atoms with Crippen molar-refractivity contribution in [3.63, 3.8) is 0 Å². The van der Waals surface area contributed by atoms with Gasteiger partial charge in [0.1, 0.15) is 41.1 Å². The first kappa shape index (κ1) is 16.6. The minimum absolute atomic E-state index is 0.0409. The molecule has 0 unspecified atom stereocenters. The number of hydrogen-bond donors (Lipinski definition) is 2. The van der Waals surface area contributed by atoms with Gasteiger partial charge in [-0.3, -0.25) is 4.79 Å². The van der Waals surface area contributed by atoms with E-state index in [-0.39, 0.29) is 27.9 Å². The molecule has 2 N–H and O–H groups in total. The SMILES string of the molecule is CC(C)=CCOc1ccc(-c2coc3cc(O)cc(O)c3c2=O)cc1. The van der Waals surface area contributed by atoms with Gasteiger partial charge in [-0.05, 0) is 37.6 Å². The molecule has 0 spiro atoms. The number of rotatable bonds is 4. The number of ether oxygens (including phenoxy) is 1. The summed E-state index contributed by atoms with van der Waals surface area (Å²) in [7, 11) is 0. The molecule has 128 valence electrons. The zero-order valence-corrected chi connectivity index (χ0v) is 13.9. The van der Waals surface area contributed by atoms with E-state index in [1.54, 1.807) is 24.3 Å². The highest BCUT2D eigenvalue weighted by molar-refractivity contribution is 5.87. The molecule has 0 fully saturated rings. The fourth-order valence-electron chi connectivity index (χ4n) is 2.45. The van der Waals surface area contributed by atoms with Crippen molar-refractivity contribution < 1.29 is 19.4 Å². The van der Waals surface area contributed by atoms with Crippen molar-refractivity contribution in [2.75, 3.05) is 6.61 Å². The summed E-state index contributed by atoms with van der Waals surface area (Å²) in [6, 6.07) is 9.47. The second-order valence-electron chi connectivity index (χ2n) is 5.93. The molecular formula is C20H18O5. The van der Waals surface area contributed by atoms with E-state index in [0.717, 1.165) is 6.07 Å². The van der Waals surface area contributed by atoms with Crippen molar-refractivity contribution in [1.82, 2.24) is 0 Å². The molecule has 0 aliphatic heterocycles. The maximum Gasteiger partial charge on any atom is 0.204 e. The average molecular weight is 338 g/mol. The van der Waals surface area contributed by atoms with Crippen LogP contribution < -0.4 is 10.2 Å². The number of hydrogen-bond acceptors (Lipinski definition) is 5. The van der Waals surface area contributed by atoms with E-state index in [1.165, 1.54) is 17.9 Å². The smallest absolute Gasteiger partial charge is 0.204 e. The lowest BCUT2D eigenvalue weighted by Crippen LogP contribution is -2.05. The highest BCUT2D eigenvalue weighted by Crippen LogP contribution is 2.30. The Hall–Kier alpha value is -3.21. The third-order valence-electron chi connectivity index (χ3n) is 3.75. The molecule has 1 aromatic heterocycles. The Morgan fingerprint density at radius 3 is 2.56 bits per heavy atom. The van der Waals surface area contributed by atoms with Gasteiger partial charge >= 0.3 is 0 Å². The quantitative estimate of drug-likeness (QED) is 0.696. The summed E-state index contributed by atoms with van der Waals surface area (Å²) in [5.41, 5.74) is 1.92. The van der Waals surface area contributed by atoms with Gasteiger partial charge in [0.05, 0.1) is 5.56 Å². The van der Waals surface area contributed by atoms with Gasteiger partial charge in [0.2, 0.25) is 5.43 Å². The Morgan fingerprint density at radius 1 is 1.16 bits per heavy atom. The van der Waals surface area contributed by atoms with Crippen LogP contribution in [0.2, 0.25) is 0 Å². The Balaban J connectivity index is 1.95. The van der Waals surface area contributed by atoms with E-state index >= 15 is 0 Å². The maximum atomic E-state index is 12.7. The minimum Gasteiger partial charge on any atom is -0.508 e. The van der Waals surface area contributed by atoms with E-state index in [0.29, 0.717) is 23.5 Å². The van der Waals surface area contributed by atoms with Gasteiger partial charge in [0.15, 0.2) is 0 Å². The van der Waals surface area contributed by atoms with Crippen molar-refractivity contribution in [1.29, 1.82) is 0 Å². The molecule has 0 radical (unpaired) electrons. The first-order valence-electron chi connectivity index (χ1n) is 7.80. The van der Waals surface area contributed by atoms with Crippen LogP contribution in [0.15, 0.2) is 63.5 Å². The van der Waals surface area contributed by atoms with Crippen LogP contribution in [0.25, 0.3) is 22.1 Å². The first-order valence-corrected chi connectivity index (χ1v) is 7.80. The molecule has 3 rings (SSSR count). The summed E-state index contributed by atoms with van der Waals surface area (Å²) in [5.74, 6) is 0.213. The molecule has 2 aromatic carbocycles. The summed E-state index contributed by atoms with van der Waals surface area (Å²) in [4.78, 5) is 12.7. The van der Waals surface area contributed by atoms with Gasteiger partial charge in [-0.15, -0.1) is 0 Å². The molecule has 5 heteroatoms. The molecule has 0 aliphatic carbocycles. The second kappa shape index (κ2) is 6.73. The predicted molar refractivity (Wildman–Crippen MR) is 96.2 cm³/mol. The Bertz CT molecular complexity index is 993. The second-order valence-corrected chi connectivity index (χ2v) is 5.93. The van der Waals surface area contributed by atoms with Crippen molar-refractivity contribution in [3.05, 3.63) is 64.5 Å². The summed E-state index contributed by atoms with van der Waals surface area (Å²) in [6.45, 7) is 4.48. The number of phenols is 2. The van der Waals surface area contributed by atoms with Crippen LogP contribution in [0.5, 0.6) is 17.2 Å². The predicted octanol–water partition coefficient (Wildman–Crippen LogP) is 4.22. The molecule has 5 nitrogen and oxygen atoms in total. The summed E-state index contributed by atoms with van der Waals surface area (Å²) < 4.78 is 11.0. The Labute approximate surface area is 144 Å². The van der Waals surface area contributed by atoms with Gasteiger partial charge < -0.3 is 19.4 Å². The summed E-state index contributed by atoms with van der Waals surface area (Å²) in [6.07, 6.45) is 3.30.